The summed E-state index contributed by atoms with van der Waals surface area (Å²) in [4.78, 5) is 25.2. The Morgan fingerprint density at radius 3 is 2.50 bits per heavy atom. The van der Waals surface area contributed by atoms with Crippen LogP contribution in [0.1, 0.15) is 26.2 Å². The summed E-state index contributed by atoms with van der Waals surface area (Å²) in [5.74, 6) is -1.91. The predicted molar refractivity (Wildman–Crippen MR) is 76.6 cm³/mol. The molecule has 0 aromatic heterocycles. The molecule has 1 unspecified atom stereocenters. The molecule has 2 N–H and O–H groups in total. The van der Waals surface area contributed by atoms with Gasteiger partial charge < -0.3 is 5.73 Å². The van der Waals surface area contributed by atoms with Gasteiger partial charge in [0, 0.05) is 5.69 Å². The Morgan fingerprint density at radius 1 is 1.35 bits per heavy atom. The zero-order valence-corrected chi connectivity index (χ0v) is 11.6. The number of hydrogen-bond donors (Lipinski definition) is 1. The van der Waals surface area contributed by atoms with E-state index in [2.05, 4.69) is 0 Å². The van der Waals surface area contributed by atoms with Gasteiger partial charge in [0.05, 0.1) is 6.07 Å². The van der Waals surface area contributed by atoms with Crippen LogP contribution in [0.15, 0.2) is 30.3 Å². The monoisotopic (exact) mass is 273 g/mol. The predicted octanol–water partition coefficient (Wildman–Crippen LogP) is 1.83. The van der Waals surface area contributed by atoms with Crippen molar-refractivity contribution in [3.8, 4) is 6.07 Å². The number of nitrogens with zero attached hydrogens (tertiary/aromatic N) is 2. The number of carbonyl (C=O) groups is 2. The van der Waals surface area contributed by atoms with Gasteiger partial charge in [-0.3, -0.25) is 14.5 Å². The third-order valence-electron chi connectivity index (χ3n) is 3.05. The third kappa shape index (κ3) is 4.09. The molecule has 1 aromatic rings. The van der Waals surface area contributed by atoms with E-state index in [1.54, 1.807) is 24.3 Å². The molecule has 5 heteroatoms. The van der Waals surface area contributed by atoms with Gasteiger partial charge in [-0.2, -0.15) is 5.26 Å². The van der Waals surface area contributed by atoms with E-state index in [9.17, 15) is 9.59 Å². The van der Waals surface area contributed by atoms with Gasteiger partial charge >= 0.3 is 0 Å². The molecule has 5 nitrogen and oxygen atoms in total. The molecule has 0 aliphatic heterocycles. The highest BCUT2D eigenvalue weighted by atomic mass is 16.2. The van der Waals surface area contributed by atoms with Crippen molar-refractivity contribution < 1.29 is 9.59 Å². The highest BCUT2D eigenvalue weighted by molar-refractivity contribution is 6.07. The topological polar surface area (TPSA) is 87.2 Å². The van der Waals surface area contributed by atoms with Crippen LogP contribution in [0.5, 0.6) is 0 Å². The summed E-state index contributed by atoms with van der Waals surface area (Å²) >= 11 is 0. The van der Waals surface area contributed by atoms with Gasteiger partial charge in [-0.05, 0) is 18.6 Å². The van der Waals surface area contributed by atoms with Crippen molar-refractivity contribution in [3.63, 3.8) is 0 Å². The average molecular weight is 273 g/mol. The minimum atomic E-state index is -0.872. The Kier molecular flexibility index (Phi) is 6.24. The van der Waals surface area contributed by atoms with E-state index in [-0.39, 0.29) is 6.54 Å². The van der Waals surface area contributed by atoms with E-state index in [1.165, 1.54) is 4.90 Å². The van der Waals surface area contributed by atoms with Gasteiger partial charge in [0.25, 0.3) is 0 Å². The van der Waals surface area contributed by atoms with E-state index in [1.807, 2.05) is 19.1 Å². The molecule has 0 heterocycles. The molecule has 0 fully saturated rings. The second kappa shape index (κ2) is 7.95. The van der Waals surface area contributed by atoms with E-state index < -0.39 is 17.7 Å². The first kappa shape index (κ1) is 15.7. The lowest BCUT2D eigenvalue weighted by Gasteiger charge is -2.23. The molecular formula is C15H19N3O2. The van der Waals surface area contributed by atoms with Crippen molar-refractivity contribution in [1.29, 1.82) is 5.26 Å². The van der Waals surface area contributed by atoms with Crippen molar-refractivity contribution in [1.82, 2.24) is 0 Å². The number of unbranched alkanes of at least 4 members (excludes halogenated alkanes) is 1. The van der Waals surface area contributed by atoms with Crippen molar-refractivity contribution in [2.45, 2.75) is 26.2 Å². The van der Waals surface area contributed by atoms with Gasteiger partial charge in [-0.15, -0.1) is 0 Å². The summed E-state index contributed by atoms with van der Waals surface area (Å²) in [7, 11) is 0. The van der Waals surface area contributed by atoms with Crippen LogP contribution >= 0.6 is 0 Å². The summed E-state index contributed by atoms with van der Waals surface area (Å²) in [5.41, 5.74) is 5.92. The molecule has 0 aliphatic carbocycles. The Hall–Kier alpha value is -2.35. The molecule has 0 aliphatic rings. The van der Waals surface area contributed by atoms with Crippen LogP contribution in [-0.4, -0.2) is 18.4 Å². The van der Waals surface area contributed by atoms with Crippen LogP contribution in [-0.2, 0) is 9.59 Å². The molecule has 0 spiro atoms. The highest BCUT2D eigenvalue weighted by Crippen LogP contribution is 2.19. The van der Waals surface area contributed by atoms with E-state index in [4.69, 9.17) is 11.0 Å². The molecular weight excluding hydrogens is 254 g/mol. The number of carbonyl (C=O) groups excluding carboxylic acids is 2. The minimum Gasteiger partial charge on any atom is -0.369 e. The van der Waals surface area contributed by atoms with Gasteiger partial charge in [-0.25, -0.2) is 0 Å². The Balaban J connectivity index is 2.98. The molecule has 0 saturated carbocycles. The summed E-state index contributed by atoms with van der Waals surface area (Å²) in [6.07, 6.45) is 2.04. The Bertz CT molecular complexity index is 494. The molecule has 1 rings (SSSR count). The maximum absolute atomic E-state index is 12.5. The molecule has 1 atom stereocenters. The molecule has 106 valence electrons. The van der Waals surface area contributed by atoms with Crippen molar-refractivity contribution in [3.05, 3.63) is 30.3 Å². The SMILES string of the molecule is CCCCC(C(N)=O)C(=O)N(CC#N)c1ccccc1. The maximum atomic E-state index is 12.5. The molecule has 20 heavy (non-hydrogen) atoms. The van der Waals surface area contributed by atoms with Crippen LogP contribution in [0.4, 0.5) is 5.69 Å². The van der Waals surface area contributed by atoms with E-state index in [0.29, 0.717) is 12.1 Å². The Labute approximate surface area is 119 Å². The first-order chi connectivity index (χ1) is 9.61. The lowest BCUT2D eigenvalue weighted by molar-refractivity contribution is -0.132. The quantitative estimate of drug-likeness (QED) is 0.607. The number of nitrogens with two attached hydrogens (primary N) is 1. The van der Waals surface area contributed by atoms with Gasteiger partial charge in [0.1, 0.15) is 12.5 Å². The van der Waals surface area contributed by atoms with Gasteiger partial charge in [0.2, 0.25) is 11.8 Å². The summed E-state index contributed by atoms with van der Waals surface area (Å²) < 4.78 is 0. The number of benzene rings is 1. The zero-order chi connectivity index (χ0) is 15.0. The first-order valence-electron chi connectivity index (χ1n) is 6.64. The number of primary amides is 1. The fourth-order valence-corrected chi connectivity index (χ4v) is 1.96. The lowest BCUT2D eigenvalue weighted by atomic mass is 9.99. The van der Waals surface area contributed by atoms with Crippen LogP contribution in [0.3, 0.4) is 0 Å². The van der Waals surface area contributed by atoms with Crippen LogP contribution in [0, 0.1) is 17.2 Å². The smallest absolute Gasteiger partial charge is 0.240 e. The number of anilines is 1. The second-order valence-corrected chi connectivity index (χ2v) is 4.52. The molecule has 0 saturated heterocycles. The number of hydrogen-bond acceptors (Lipinski definition) is 3. The fourth-order valence-electron chi connectivity index (χ4n) is 1.96. The van der Waals surface area contributed by atoms with Crippen LogP contribution < -0.4 is 10.6 Å². The molecule has 1 aromatic carbocycles. The van der Waals surface area contributed by atoms with Crippen LogP contribution in [0.2, 0.25) is 0 Å². The van der Waals surface area contributed by atoms with Gasteiger partial charge in [0.15, 0.2) is 0 Å². The molecule has 0 radical (unpaired) electrons. The Morgan fingerprint density at radius 2 is 2.00 bits per heavy atom. The van der Waals surface area contributed by atoms with Gasteiger partial charge in [-0.1, -0.05) is 38.0 Å². The van der Waals surface area contributed by atoms with Crippen molar-refractivity contribution in [2.75, 3.05) is 11.4 Å². The largest absolute Gasteiger partial charge is 0.369 e. The molecule has 0 bridgehead atoms. The normalized spacial score (nSPS) is 11.4. The van der Waals surface area contributed by atoms with Crippen LogP contribution in [0.25, 0.3) is 0 Å². The van der Waals surface area contributed by atoms with Crippen molar-refractivity contribution >= 4 is 17.5 Å². The van der Waals surface area contributed by atoms with E-state index >= 15 is 0 Å². The lowest BCUT2D eigenvalue weighted by Crippen LogP contribution is -2.42. The summed E-state index contributed by atoms with van der Waals surface area (Å²) in [6.45, 7) is 1.88. The van der Waals surface area contributed by atoms with E-state index in [0.717, 1.165) is 12.8 Å². The first-order valence-corrected chi connectivity index (χ1v) is 6.64. The molecule has 2 amide bonds. The number of nitriles is 1. The maximum Gasteiger partial charge on any atom is 0.240 e. The fraction of sp³-hybridized carbons (Fsp3) is 0.400. The third-order valence-corrected chi connectivity index (χ3v) is 3.05. The summed E-state index contributed by atoms with van der Waals surface area (Å²) in [5, 5.41) is 8.88. The standard InChI is InChI=1S/C15H19N3O2/c1-2-3-9-13(14(17)19)15(20)18(11-10-16)12-7-5-4-6-8-12/h4-8,13H,2-3,9,11H2,1H3,(H2,17,19). The number of para-hydroxylation sites is 1. The number of rotatable bonds is 7. The number of amides is 2. The summed E-state index contributed by atoms with van der Waals surface area (Å²) in [6, 6.07) is 10.8. The highest BCUT2D eigenvalue weighted by Gasteiger charge is 2.29. The minimum absolute atomic E-state index is 0.0985. The second-order valence-electron chi connectivity index (χ2n) is 4.52. The van der Waals surface area contributed by atoms with Crippen molar-refractivity contribution in [2.24, 2.45) is 11.7 Å². The average Bonchev–Trinajstić information content (AvgIpc) is 2.45. The zero-order valence-electron chi connectivity index (χ0n) is 11.6.